The molecule has 11 heavy (non-hydrogen) atoms. The van der Waals surface area contributed by atoms with Crippen LogP contribution in [-0.4, -0.2) is 23.9 Å². The number of rotatable bonds is 3. The highest BCUT2D eigenvalue weighted by molar-refractivity contribution is 4.85. The summed E-state index contributed by atoms with van der Waals surface area (Å²) in [6, 6.07) is 0. The second-order valence-corrected chi connectivity index (χ2v) is 3.19. The lowest BCUT2D eigenvalue weighted by Crippen LogP contribution is -2.19. The smallest absolute Gasteiger partial charge is 0.0841 e. The molecular formula is C9H16O2. The standard InChI is InChI=1S/C9H16O2/c1-3-4-8-5-7(2)11-9(8)6-10/h3,7-10H,1,4-6H2,2H3/t7-,8?,9+/m0/s1. The predicted octanol–water partition coefficient (Wildman–Crippen LogP) is 1.35. The molecule has 0 aromatic rings. The van der Waals surface area contributed by atoms with Gasteiger partial charge in [-0.15, -0.1) is 6.58 Å². The van der Waals surface area contributed by atoms with Crippen LogP contribution in [0.1, 0.15) is 19.8 Å². The maximum atomic E-state index is 8.92. The van der Waals surface area contributed by atoms with E-state index in [1.54, 1.807) is 0 Å². The average Bonchev–Trinajstić information content (AvgIpc) is 2.32. The summed E-state index contributed by atoms with van der Waals surface area (Å²) in [6.07, 6.45) is 4.25. The number of ether oxygens (including phenoxy) is 1. The first-order chi connectivity index (χ1) is 5.27. The molecule has 1 unspecified atom stereocenters. The molecule has 1 saturated heterocycles. The monoisotopic (exact) mass is 156 g/mol. The summed E-state index contributed by atoms with van der Waals surface area (Å²) in [6.45, 7) is 5.87. The second-order valence-electron chi connectivity index (χ2n) is 3.19. The number of hydrogen-bond donors (Lipinski definition) is 1. The highest BCUT2D eigenvalue weighted by Crippen LogP contribution is 2.28. The van der Waals surface area contributed by atoms with Crippen LogP contribution in [0.5, 0.6) is 0 Å². The van der Waals surface area contributed by atoms with Gasteiger partial charge in [-0.3, -0.25) is 0 Å². The normalized spacial score (nSPS) is 37.5. The topological polar surface area (TPSA) is 29.5 Å². The molecule has 1 aliphatic rings. The molecule has 1 N–H and O–H groups in total. The van der Waals surface area contributed by atoms with E-state index in [1.807, 2.05) is 13.0 Å². The van der Waals surface area contributed by atoms with Gasteiger partial charge in [-0.1, -0.05) is 6.08 Å². The fourth-order valence-corrected chi connectivity index (χ4v) is 1.70. The van der Waals surface area contributed by atoms with Gasteiger partial charge in [0, 0.05) is 0 Å². The van der Waals surface area contributed by atoms with Gasteiger partial charge >= 0.3 is 0 Å². The van der Waals surface area contributed by atoms with Gasteiger partial charge in [-0.25, -0.2) is 0 Å². The first-order valence-electron chi connectivity index (χ1n) is 4.15. The third kappa shape index (κ3) is 2.04. The molecule has 0 amide bonds. The summed E-state index contributed by atoms with van der Waals surface area (Å²) >= 11 is 0. The minimum Gasteiger partial charge on any atom is -0.394 e. The molecule has 64 valence electrons. The largest absolute Gasteiger partial charge is 0.394 e. The van der Waals surface area contributed by atoms with Crippen molar-refractivity contribution in [3.05, 3.63) is 12.7 Å². The Balaban J connectivity index is 2.43. The Labute approximate surface area is 67.9 Å². The average molecular weight is 156 g/mol. The maximum Gasteiger partial charge on any atom is 0.0841 e. The molecule has 0 bridgehead atoms. The Kier molecular flexibility index (Phi) is 3.09. The van der Waals surface area contributed by atoms with Crippen molar-refractivity contribution in [3.8, 4) is 0 Å². The fourth-order valence-electron chi connectivity index (χ4n) is 1.70. The summed E-state index contributed by atoms with van der Waals surface area (Å²) in [5.74, 6) is 0.479. The Hall–Kier alpha value is -0.340. The summed E-state index contributed by atoms with van der Waals surface area (Å²) in [5, 5.41) is 8.92. The molecule has 0 spiro atoms. The maximum absolute atomic E-state index is 8.92. The third-order valence-corrected chi connectivity index (χ3v) is 2.22. The zero-order valence-electron chi connectivity index (χ0n) is 6.99. The first-order valence-corrected chi connectivity index (χ1v) is 4.15. The van der Waals surface area contributed by atoms with Crippen LogP contribution in [0.25, 0.3) is 0 Å². The van der Waals surface area contributed by atoms with E-state index >= 15 is 0 Å². The van der Waals surface area contributed by atoms with E-state index in [2.05, 4.69) is 6.58 Å². The molecule has 1 rings (SSSR count). The molecule has 2 nitrogen and oxygen atoms in total. The van der Waals surface area contributed by atoms with Crippen LogP contribution in [-0.2, 0) is 4.74 Å². The van der Waals surface area contributed by atoms with Gasteiger partial charge in [0.15, 0.2) is 0 Å². The van der Waals surface area contributed by atoms with Crippen LogP contribution in [0.3, 0.4) is 0 Å². The van der Waals surface area contributed by atoms with Gasteiger partial charge in [0.05, 0.1) is 18.8 Å². The van der Waals surface area contributed by atoms with Crippen LogP contribution in [0.4, 0.5) is 0 Å². The lowest BCUT2D eigenvalue weighted by molar-refractivity contribution is 0.00702. The van der Waals surface area contributed by atoms with Crippen LogP contribution in [0.15, 0.2) is 12.7 Å². The van der Waals surface area contributed by atoms with E-state index in [4.69, 9.17) is 9.84 Å². The molecular weight excluding hydrogens is 140 g/mol. The van der Waals surface area contributed by atoms with Gasteiger partial charge in [-0.05, 0) is 25.7 Å². The zero-order valence-corrected chi connectivity index (χ0v) is 6.99. The Morgan fingerprint density at radius 3 is 3.00 bits per heavy atom. The molecule has 0 aliphatic carbocycles. The summed E-state index contributed by atoms with van der Waals surface area (Å²) in [4.78, 5) is 0. The van der Waals surface area contributed by atoms with E-state index in [0.717, 1.165) is 12.8 Å². The minimum atomic E-state index is 0.0444. The number of aliphatic hydroxyl groups is 1. The lowest BCUT2D eigenvalue weighted by Gasteiger charge is -2.13. The van der Waals surface area contributed by atoms with Crippen molar-refractivity contribution in [1.82, 2.24) is 0 Å². The van der Waals surface area contributed by atoms with Crippen molar-refractivity contribution in [2.45, 2.75) is 32.0 Å². The van der Waals surface area contributed by atoms with Crippen LogP contribution >= 0.6 is 0 Å². The summed E-state index contributed by atoms with van der Waals surface area (Å²) in [7, 11) is 0. The zero-order chi connectivity index (χ0) is 8.27. The number of aliphatic hydroxyl groups excluding tert-OH is 1. The molecule has 1 aliphatic heterocycles. The fraction of sp³-hybridized carbons (Fsp3) is 0.778. The Morgan fingerprint density at radius 1 is 1.73 bits per heavy atom. The van der Waals surface area contributed by atoms with Crippen LogP contribution in [0.2, 0.25) is 0 Å². The van der Waals surface area contributed by atoms with Crippen molar-refractivity contribution in [2.75, 3.05) is 6.61 Å². The number of hydrogen-bond acceptors (Lipinski definition) is 2. The van der Waals surface area contributed by atoms with Gasteiger partial charge in [0.25, 0.3) is 0 Å². The molecule has 1 heterocycles. The van der Waals surface area contributed by atoms with E-state index in [-0.39, 0.29) is 12.7 Å². The van der Waals surface area contributed by atoms with Gasteiger partial charge < -0.3 is 9.84 Å². The van der Waals surface area contributed by atoms with Crippen molar-refractivity contribution in [3.63, 3.8) is 0 Å². The molecule has 2 heteroatoms. The minimum absolute atomic E-state index is 0.0444. The molecule has 0 radical (unpaired) electrons. The highest BCUT2D eigenvalue weighted by Gasteiger charge is 2.30. The SMILES string of the molecule is C=CCC1C[C@H](C)O[C@@H]1CO. The predicted molar refractivity (Wildman–Crippen MR) is 44.3 cm³/mol. The molecule has 1 fully saturated rings. The van der Waals surface area contributed by atoms with Crippen molar-refractivity contribution in [1.29, 1.82) is 0 Å². The summed E-state index contributed by atoms with van der Waals surface area (Å²) < 4.78 is 5.48. The lowest BCUT2D eigenvalue weighted by atomic mass is 9.96. The quantitative estimate of drug-likeness (QED) is 0.625. The summed E-state index contributed by atoms with van der Waals surface area (Å²) in [5.41, 5.74) is 0. The third-order valence-electron chi connectivity index (χ3n) is 2.22. The van der Waals surface area contributed by atoms with Crippen molar-refractivity contribution in [2.24, 2.45) is 5.92 Å². The van der Waals surface area contributed by atoms with Crippen LogP contribution < -0.4 is 0 Å². The first kappa shape index (κ1) is 8.75. The second kappa shape index (κ2) is 3.88. The Bertz CT molecular complexity index is 134. The van der Waals surface area contributed by atoms with E-state index in [9.17, 15) is 0 Å². The van der Waals surface area contributed by atoms with Gasteiger partial charge in [0.2, 0.25) is 0 Å². The molecule has 3 atom stereocenters. The molecule has 0 aromatic carbocycles. The van der Waals surface area contributed by atoms with Crippen molar-refractivity contribution >= 4 is 0 Å². The number of allylic oxidation sites excluding steroid dienone is 1. The Morgan fingerprint density at radius 2 is 2.45 bits per heavy atom. The van der Waals surface area contributed by atoms with E-state index in [0.29, 0.717) is 12.0 Å². The van der Waals surface area contributed by atoms with Gasteiger partial charge in [0.1, 0.15) is 0 Å². The highest BCUT2D eigenvalue weighted by atomic mass is 16.5. The van der Waals surface area contributed by atoms with Crippen LogP contribution in [0, 0.1) is 5.92 Å². The van der Waals surface area contributed by atoms with Gasteiger partial charge in [-0.2, -0.15) is 0 Å². The van der Waals surface area contributed by atoms with E-state index < -0.39 is 0 Å². The molecule has 0 saturated carbocycles. The van der Waals surface area contributed by atoms with E-state index in [1.165, 1.54) is 0 Å². The van der Waals surface area contributed by atoms with Crippen molar-refractivity contribution < 1.29 is 9.84 Å². The molecule has 0 aromatic heterocycles.